The molecule has 6 rings (SSSR count). The number of nitrogens with zero attached hydrogens (tertiary/aromatic N) is 2. The van der Waals surface area contributed by atoms with Crippen LogP contribution < -0.4 is 0 Å². The molecule has 4 saturated carbocycles. The van der Waals surface area contributed by atoms with Crippen molar-refractivity contribution in [1.29, 1.82) is 0 Å². The van der Waals surface area contributed by atoms with E-state index in [0.29, 0.717) is 16.9 Å². The highest BCUT2D eigenvalue weighted by molar-refractivity contribution is 7.89. The molecular weight excluding hydrogens is 384 g/mol. The van der Waals surface area contributed by atoms with Gasteiger partial charge in [-0.25, -0.2) is 8.42 Å². The maximum absolute atomic E-state index is 13.4. The SMILES string of the molecule is CC1(C)C(=O)N(C2C3CC4CC(C3)CC2C4)N1S(=O)(=O)c1ccc(Cl)cc1. The Labute approximate surface area is 165 Å². The van der Waals surface area contributed by atoms with Crippen molar-refractivity contribution in [1.82, 2.24) is 9.42 Å². The summed E-state index contributed by atoms with van der Waals surface area (Å²) < 4.78 is 28.2. The molecule has 1 amide bonds. The first-order valence-electron chi connectivity index (χ1n) is 9.84. The van der Waals surface area contributed by atoms with Crippen LogP contribution in [0.5, 0.6) is 0 Å². The molecular formula is C20H25ClN2O3S. The number of hydrogen-bond acceptors (Lipinski definition) is 3. The van der Waals surface area contributed by atoms with Crippen LogP contribution in [0.4, 0.5) is 0 Å². The molecule has 0 radical (unpaired) electrons. The van der Waals surface area contributed by atoms with Crippen LogP contribution in [0, 0.1) is 23.7 Å². The van der Waals surface area contributed by atoms with Crippen LogP contribution in [0.25, 0.3) is 0 Å². The van der Waals surface area contributed by atoms with E-state index in [1.165, 1.54) is 23.0 Å². The molecule has 7 heteroatoms. The molecule has 27 heavy (non-hydrogen) atoms. The summed E-state index contributed by atoms with van der Waals surface area (Å²) in [5.74, 6) is 2.34. The second-order valence-electron chi connectivity index (χ2n) is 9.33. The Hall–Kier alpha value is -1.11. The number of sulfonamides is 1. The second kappa shape index (κ2) is 5.71. The van der Waals surface area contributed by atoms with Crippen LogP contribution in [0.3, 0.4) is 0 Å². The number of carbonyl (C=O) groups is 1. The van der Waals surface area contributed by atoms with Crippen LogP contribution in [0.2, 0.25) is 5.02 Å². The third-order valence-electron chi connectivity index (χ3n) is 7.20. The molecule has 5 nitrogen and oxygen atoms in total. The maximum atomic E-state index is 13.4. The highest BCUT2D eigenvalue weighted by Crippen LogP contribution is 2.57. The second-order valence-corrected chi connectivity index (χ2v) is 11.5. The number of halogens is 1. The lowest BCUT2D eigenvalue weighted by atomic mass is 9.54. The molecule has 0 spiro atoms. The van der Waals surface area contributed by atoms with Crippen LogP contribution in [0.1, 0.15) is 46.0 Å². The van der Waals surface area contributed by atoms with Crippen molar-refractivity contribution in [2.75, 3.05) is 0 Å². The molecule has 4 bridgehead atoms. The normalized spacial score (nSPS) is 37.5. The number of rotatable bonds is 3. The Bertz CT molecular complexity index is 868. The smallest absolute Gasteiger partial charge is 0.261 e. The Kier molecular flexibility index (Phi) is 3.79. The highest BCUT2D eigenvalue weighted by Gasteiger charge is 2.64. The van der Waals surface area contributed by atoms with E-state index in [9.17, 15) is 13.2 Å². The molecule has 5 aliphatic rings. The minimum Gasteiger partial charge on any atom is -0.271 e. The summed E-state index contributed by atoms with van der Waals surface area (Å²) in [6.07, 6.45) is 5.87. The number of carbonyl (C=O) groups excluding carboxylic acids is 1. The lowest BCUT2D eigenvalue weighted by molar-refractivity contribution is -0.218. The van der Waals surface area contributed by atoms with Crippen LogP contribution in [0.15, 0.2) is 29.2 Å². The van der Waals surface area contributed by atoms with Crippen molar-refractivity contribution in [2.24, 2.45) is 23.7 Å². The minimum atomic E-state index is -3.81. The fourth-order valence-electron chi connectivity index (χ4n) is 6.34. The van der Waals surface area contributed by atoms with Gasteiger partial charge in [0.1, 0.15) is 5.54 Å². The standard InChI is InChI=1S/C20H25ClN2O3S/c1-20(2)19(24)22(18-14-8-12-7-13(10-14)11-15(18)9-12)23(20)27(25,26)17-5-3-16(21)4-6-17/h3-6,12-15,18H,7-11H2,1-2H3. The molecule has 0 atom stereocenters. The molecule has 0 unspecified atom stereocenters. The quantitative estimate of drug-likeness (QED) is 0.766. The van der Waals surface area contributed by atoms with E-state index in [1.807, 2.05) is 0 Å². The van der Waals surface area contributed by atoms with Crippen molar-refractivity contribution in [2.45, 2.75) is 62.4 Å². The molecule has 0 N–H and O–H groups in total. The first-order valence-corrected chi connectivity index (χ1v) is 11.7. The lowest BCUT2D eigenvalue weighted by Gasteiger charge is -2.64. The van der Waals surface area contributed by atoms with Gasteiger partial charge in [-0.1, -0.05) is 16.0 Å². The molecule has 146 valence electrons. The Morgan fingerprint density at radius 1 is 0.963 bits per heavy atom. The van der Waals surface area contributed by atoms with E-state index in [0.717, 1.165) is 37.5 Å². The molecule has 5 fully saturated rings. The van der Waals surface area contributed by atoms with E-state index in [1.54, 1.807) is 31.0 Å². The fraction of sp³-hybridized carbons (Fsp3) is 0.650. The molecule has 1 heterocycles. The third-order valence-corrected chi connectivity index (χ3v) is 9.41. The Balaban J connectivity index is 1.53. The van der Waals surface area contributed by atoms with Crippen molar-refractivity contribution >= 4 is 27.5 Å². The predicted octanol–water partition coefficient (Wildman–Crippen LogP) is 3.69. The summed E-state index contributed by atoms with van der Waals surface area (Å²) in [5.41, 5.74) is -1.05. The van der Waals surface area contributed by atoms with Gasteiger partial charge >= 0.3 is 0 Å². The van der Waals surface area contributed by atoms with E-state index in [2.05, 4.69) is 0 Å². The van der Waals surface area contributed by atoms with Gasteiger partial charge in [-0.2, -0.15) is 0 Å². The average molecular weight is 409 g/mol. The van der Waals surface area contributed by atoms with E-state index in [4.69, 9.17) is 11.6 Å². The van der Waals surface area contributed by atoms with E-state index >= 15 is 0 Å². The number of hydrogen-bond donors (Lipinski definition) is 0. The van der Waals surface area contributed by atoms with E-state index in [-0.39, 0.29) is 16.8 Å². The molecule has 1 aromatic carbocycles. The topological polar surface area (TPSA) is 57.7 Å². The summed E-state index contributed by atoms with van der Waals surface area (Å²) in [7, 11) is -3.81. The van der Waals surface area contributed by atoms with Gasteiger partial charge in [0.2, 0.25) is 0 Å². The largest absolute Gasteiger partial charge is 0.271 e. The van der Waals surface area contributed by atoms with Crippen LogP contribution >= 0.6 is 11.6 Å². The molecule has 4 aliphatic carbocycles. The average Bonchev–Trinajstić information content (AvgIpc) is 2.59. The molecule has 1 aromatic rings. The number of amides is 1. The molecule has 1 aliphatic heterocycles. The van der Waals surface area contributed by atoms with Crippen molar-refractivity contribution in [3.8, 4) is 0 Å². The van der Waals surface area contributed by atoms with Gasteiger partial charge < -0.3 is 0 Å². The summed E-state index contributed by atoms with van der Waals surface area (Å²) in [6.45, 7) is 3.41. The Morgan fingerprint density at radius 3 is 2.00 bits per heavy atom. The van der Waals surface area contributed by atoms with Gasteiger partial charge in [0.15, 0.2) is 0 Å². The number of hydrazine groups is 1. The van der Waals surface area contributed by atoms with E-state index < -0.39 is 15.6 Å². The maximum Gasteiger partial charge on any atom is 0.261 e. The van der Waals surface area contributed by atoms with Gasteiger partial charge in [-0.3, -0.25) is 9.80 Å². The minimum absolute atomic E-state index is 0.0281. The predicted molar refractivity (Wildman–Crippen MR) is 102 cm³/mol. The molecule has 0 aromatic heterocycles. The zero-order valence-corrected chi connectivity index (χ0v) is 17.2. The van der Waals surface area contributed by atoms with Gasteiger partial charge in [0, 0.05) is 5.02 Å². The van der Waals surface area contributed by atoms with Gasteiger partial charge in [0.05, 0.1) is 10.9 Å². The van der Waals surface area contributed by atoms with Crippen LogP contribution in [-0.2, 0) is 14.8 Å². The Morgan fingerprint density at radius 2 is 1.48 bits per heavy atom. The first-order chi connectivity index (χ1) is 12.7. The summed E-state index contributed by atoms with van der Waals surface area (Å²) in [5, 5.41) is 2.10. The van der Waals surface area contributed by atoms with Crippen molar-refractivity contribution in [3.05, 3.63) is 29.3 Å². The van der Waals surface area contributed by atoms with Crippen LogP contribution in [-0.4, -0.2) is 35.3 Å². The van der Waals surface area contributed by atoms with Crippen molar-refractivity contribution in [3.63, 3.8) is 0 Å². The fourth-order valence-corrected chi connectivity index (χ4v) is 8.24. The number of benzene rings is 1. The van der Waals surface area contributed by atoms with Crippen molar-refractivity contribution < 1.29 is 13.2 Å². The summed E-state index contributed by atoms with van der Waals surface area (Å²) >= 11 is 5.93. The highest BCUT2D eigenvalue weighted by atomic mass is 35.5. The first kappa shape index (κ1) is 18.0. The zero-order valence-electron chi connectivity index (χ0n) is 15.6. The van der Waals surface area contributed by atoms with Gasteiger partial charge in [-0.15, -0.1) is 0 Å². The van der Waals surface area contributed by atoms with Gasteiger partial charge in [0.25, 0.3) is 15.9 Å². The van der Waals surface area contributed by atoms with Gasteiger partial charge in [-0.05, 0) is 93.9 Å². The lowest BCUT2D eigenvalue weighted by Crippen LogP contribution is -2.80. The monoisotopic (exact) mass is 408 g/mol. The zero-order chi connectivity index (χ0) is 19.1. The third kappa shape index (κ3) is 2.45. The summed E-state index contributed by atoms with van der Waals surface area (Å²) in [4.78, 5) is 13.2. The summed E-state index contributed by atoms with van der Waals surface area (Å²) in [6, 6.07) is 6.23. The molecule has 1 saturated heterocycles.